The molecule has 0 radical (unpaired) electrons. The lowest BCUT2D eigenvalue weighted by molar-refractivity contribution is 0.245. The molecule has 2 N–H and O–H groups in total. The van der Waals surface area contributed by atoms with E-state index in [-0.39, 0.29) is 30.0 Å². The third-order valence-electron chi connectivity index (χ3n) is 6.08. The van der Waals surface area contributed by atoms with Gasteiger partial charge in [0.1, 0.15) is 5.75 Å². The second-order valence-corrected chi connectivity index (χ2v) is 8.37. The molecule has 0 aliphatic carbocycles. The van der Waals surface area contributed by atoms with Crippen molar-refractivity contribution in [3.63, 3.8) is 0 Å². The summed E-state index contributed by atoms with van der Waals surface area (Å²) in [5.41, 5.74) is 3.63. The Hall–Kier alpha value is -2.59. The van der Waals surface area contributed by atoms with Crippen LogP contribution in [0.2, 0.25) is 0 Å². The highest BCUT2D eigenvalue weighted by atomic mass is 127. The average Bonchev–Trinajstić information content (AvgIpc) is 3.55. The highest BCUT2D eigenvalue weighted by Gasteiger charge is 2.24. The van der Waals surface area contributed by atoms with Gasteiger partial charge in [-0.25, -0.2) is 0 Å². The number of nitrogens with one attached hydrogen (secondary N) is 2. The summed E-state index contributed by atoms with van der Waals surface area (Å²) in [5, 5.41) is 11.4. The first kappa shape index (κ1) is 26.0. The zero-order valence-electron chi connectivity index (χ0n) is 20.0. The predicted octanol–water partition coefficient (Wildman–Crippen LogP) is 4.06. The van der Waals surface area contributed by atoms with Gasteiger partial charge in [0.2, 0.25) is 0 Å². The number of rotatable bonds is 9. The Morgan fingerprint density at radius 1 is 1.06 bits per heavy atom. The number of hydrogen-bond acceptors (Lipinski definition) is 4. The molecule has 1 aliphatic heterocycles. The van der Waals surface area contributed by atoms with Crippen molar-refractivity contribution in [3.8, 4) is 5.75 Å². The number of nitrogens with zero attached hydrogens (tertiary/aromatic N) is 4. The Labute approximate surface area is 219 Å². The molecule has 4 rings (SSSR count). The van der Waals surface area contributed by atoms with Crippen LogP contribution in [0.1, 0.15) is 35.6 Å². The molecule has 1 atom stereocenters. The second kappa shape index (κ2) is 13.3. The number of likely N-dealkylation sites (tertiary alicyclic amines) is 1. The van der Waals surface area contributed by atoms with Gasteiger partial charge in [-0.3, -0.25) is 14.6 Å². The van der Waals surface area contributed by atoms with Crippen LogP contribution in [-0.4, -0.2) is 54.4 Å². The van der Waals surface area contributed by atoms with Crippen LogP contribution in [0.4, 0.5) is 0 Å². The van der Waals surface area contributed by atoms with Gasteiger partial charge in [-0.2, -0.15) is 5.10 Å². The molecule has 1 fully saturated rings. The smallest absolute Gasteiger partial charge is 0.191 e. The van der Waals surface area contributed by atoms with Gasteiger partial charge in [-0.1, -0.05) is 42.5 Å². The summed E-state index contributed by atoms with van der Waals surface area (Å²) in [6.07, 6.45) is 6.49. The van der Waals surface area contributed by atoms with Crippen molar-refractivity contribution in [2.75, 3.05) is 33.8 Å². The fourth-order valence-corrected chi connectivity index (χ4v) is 4.31. The summed E-state index contributed by atoms with van der Waals surface area (Å²) < 4.78 is 7.43. The van der Waals surface area contributed by atoms with Crippen LogP contribution < -0.4 is 15.4 Å². The normalized spacial score (nSPS) is 14.9. The van der Waals surface area contributed by atoms with E-state index in [9.17, 15) is 0 Å². The van der Waals surface area contributed by atoms with Gasteiger partial charge in [0.05, 0.1) is 25.9 Å². The molecular weight excluding hydrogens is 539 g/mol. The summed E-state index contributed by atoms with van der Waals surface area (Å²) in [5.74, 6) is 1.68. The van der Waals surface area contributed by atoms with Crippen molar-refractivity contribution in [2.24, 2.45) is 4.99 Å². The molecule has 1 aliphatic rings. The molecule has 182 valence electrons. The minimum atomic E-state index is 0. The van der Waals surface area contributed by atoms with Crippen molar-refractivity contribution >= 4 is 29.9 Å². The second-order valence-electron chi connectivity index (χ2n) is 8.37. The third-order valence-corrected chi connectivity index (χ3v) is 6.08. The Balaban J connectivity index is 0.00000324. The van der Waals surface area contributed by atoms with Crippen LogP contribution in [0.3, 0.4) is 0 Å². The number of benzene rings is 2. The lowest BCUT2D eigenvalue weighted by atomic mass is 10.1. The number of methoxy groups -OCH3 is 1. The van der Waals surface area contributed by atoms with E-state index in [1.165, 1.54) is 24.0 Å². The van der Waals surface area contributed by atoms with E-state index in [1.54, 1.807) is 7.11 Å². The Morgan fingerprint density at radius 3 is 2.59 bits per heavy atom. The van der Waals surface area contributed by atoms with Crippen LogP contribution in [0.15, 0.2) is 72.0 Å². The van der Waals surface area contributed by atoms with Gasteiger partial charge in [-0.05, 0) is 49.2 Å². The van der Waals surface area contributed by atoms with E-state index in [4.69, 9.17) is 4.74 Å². The van der Waals surface area contributed by atoms with Gasteiger partial charge in [-0.15, -0.1) is 24.0 Å². The molecule has 2 aromatic carbocycles. The maximum Gasteiger partial charge on any atom is 0.191 e. The molecular formula is C26H35IN6O. The average molecular weight is 575 g/mol. The molecule has 8 heteroatoms. The van der Waals surface area contributed by atoms with Crippen molar-refractivity contribution < 1.29 is 4.74 Å². The summed E-state index contributed by atoms with van der Waals surface area (Å²) >= 11 is 0. The van der Waals surface area contributed by atoms with Crippen molar-refractivity contribution in [2.45, 2.75) is 32.0 Å². The summed E-state index contributed by atoms with van der Waals surface area (Å²) in [6, 6.07) is 19.0. The van der Waals surface area contributed by atoms with Crippen LogP contribution in [0.25, 0.3) is 0 Å². The van der Waals surface area contributed by atoms with Gasteiger partial charge in [0.15, 0.2) is 5.96 Å². The molecule has 1 aromatic heterocycles. The SMILES string of the molecule is CN=C(NCc1cnn(Cc2ccccc2)c1)NCC(c1cccc(OC)c1)N1CCCC1.I. The van der Waals surface area contributed by atoms with Gasteiger partial charge in [0, 0.05) is 31.9 Å². The summed E-state index contributed by atoms with van der Waals surface area (Å²) in [4.78, 5) is 6.97. The molecule has 2 heterocycles. The van der Waals surface area contributed by atoms with Crippen molar-refractivity contribution in [1.82, 2.24) is 25.3 Å². The molecule has 1 unspecified atom stereocenters. The van der Waals surface area contributed by atoms with Crippen molar-refractivity contribution in [3.05, 3.63) is 83.7 Å². The Bertz CT molecular complexity index is 1030. The molecule has 0 spiro atoms. The van der Waals surface area contributed by atoms with Crippen LogP contribution >= 0.6 is 24.0 Å². The van der Waals surface area contributed by atoms with E-state index in [0.717, 1.165) is 43.5 Å². The number of guanidine groups is 1. The van der Waals surface area contributed by atoms with Crippen LogP contribution in [0.5, 0.6) is 5.75 Å². The minimum Gasteiger partial charge on any atom is -0.497 e. The zero-order chi connectivity index (χ0) is 22.9. The lowest BCUT2D eigenvalue weighted by Crippen LogP contribution is -2.42. The summed E-state index contributed by atoms with van der Waals surface area (Å²) in [6.45, 7) is 4.46. The molecule has 0 bridgehead atoms. The number of ether oxygens (including phenoxy) is 1. The summed E-state index contributed by atoms with van der Waals surface area (Å²) in [7, 11) is 3.53. The van der Waals surface area contributed by atoms with Crippen molar-refractivity contribution in [1.29, 1.82) is 0 Å². The molecule has 3 aromatic rings. The molecule has 0 saturated carbocycles. The lowest BCUT2D eigenvalue weighted by Gasteiger charge is -2.29. The Kier molecular flexibility index (Phi) is 10.2. The topological polar surface area (TPSA) is 66.7 Å². The van der Waals surface area contributed by atoms with Crippen LogP contribution in [0, 0.1) is 0 Å². The highest BCUT2D eigenvalue weighted by Crippen LogP contribution is 2.27. The first-order valence-electron chi connectivity index (χ1n) is 11.6. The predicted molar refractivity (Wildman–Crippen MR) is 148 cm³/mol. The first-order chi connectivity index (χ1) is 16.2. The fourth-order valence-electron chi connectivity index (χ4n) is 4.31. The quantitative estimate of drug-likeness (QED) is 0.229. The van der Waals surface area contributed by atoms with E-state index < -0.39 is 0 Å². The monoisotopic (exact) mass is 574 g/mol. The molecule has 7 nitrogen and oxygen atoms in total. The maximum absolute atomic E-state index is 5.46. The number of halogens is 1. The molecule has 1 saturated heterocycles. The number of aliphatic imine (C=N–C) groups is 1. The van der Waals surface area contributed by atoms with E-state index >= 15 is 0 Å². The Morgan fingerprint density at radius 2 is 1.85 bits per heavy atom. The number of hydrogen-bond donors (Lipinski definition) is 2. The highest BCUT2D eigenvalue weighted by molar-refractivity contribution is 14.0. The number of aromatic nitrogens is 2. The largest absolute Gasteiger partial charge is 0.497 e. The van der Waals surface area contributed by atoms with E-state index in [1.807, 2.05) is 30.1 Å². The van der Waals surface area contributed by atoms with E-state index in [2.05, 4.69) is 74.3 Å². The van der Waals surface area contributed by atoms with Gasteiger partial charge < -0.3 is 15.4 Å². The zero-order valence-corrected chi connectivity index (χ0v) is 22.3. The first-order valence-corrected chi connectivity index (χ1v) is 11.6. The van der Waals surface area contributed by atoms with E-state index in [0.29, 0.717) is 6.54 Å². The minimum absolute atomic E-state index is 0. The standard InChI is InChI=1S/C26H34N6O.HI/c1-27-26(28-16-22-17-30-32(20-22)19-21-9-4-3-5-10-21)29-18-25(31-13-6-7-14-31)23-11-8-12-24(15-23)33-2;/h3-5,8-12,15,17,20,25H,6-7,13-14,16,18-19H2,1-2H3,(H2,27,28,29);1H. The molecule has 0 amide bonds. The fraction of sp³-hybridized carbons (Fsp3) is 0.385. The van der Waals surface area contributed by atoms with Crippen LogP contribution in [-0.2, 0) is 13.1 Å². The van der Waals surface area contributed by atoms with Gasteiger partial charge in [0.25, 0.3) is 0 Å². The third kappa shape index (κ3) is 7.20. The van der Waals surface area contributed by atoms with Gasteiger partial charge >= 0.3 is 0 Å². The molecule has 34 heavy (non-hydrogen) atoms. The maximum atomic E-state index is 5.46.